The minimum absolute atomic E-state index is 0.0000175. The van der Waals surface area contributed by atoms with Gasteiger partial charge in [-0.3, -0.25) is 24.7 Å². The lowest BCUT2D eigenvalue weighted by Gasteiger charge is -2.34. The van der Waals surface area contributed by atoms with E-state index < -0.39 is 0 Å². The highest BCUT2D eigenvalue weighted by atomic mass is 16.6. The number of hydrogen-bond acceptors (Lipinski definition) is 5. The van der Waals surface area contributed by atoms with Crippen molar-refractivity contribution in [2.45, 2.75) is 6.54 Å². The maximum atomic E-state index is 12.1. The third-order valence-corrected chi connectivity index (χ3v) is 4.44. The number of hydrogen-bond donors (Lipinski definition) is 1. The number of nitrogens with zero attached hydrogens (tertiary/aromatic N) is 3. The van der Waals surface area contributed by atoms with Crippen LogP contribution in [-0.2, 0) is 11.3 Å². The lowest BCUT2D eigenvalue weighted by Crippen LogP contribution is -2.48. The summed E-state index contributed by atoms with van der Waals surface area (Å²) in [6.07, 6.45) is 0. The van der Waals surface area contributed by atoms with Crippen LogP contribution in [0.25, 0.3) is 0 Å². The molecule has 1 aliphatic rings. The molecule has 2 aromatic rings. The minimum atomic E-state index is -0.386. The molecule has 0 bridgehead atoms. The summed E-state index contributed by atoms with van der Waals surface area (Å²) in [7, 11) is 0. The molecule has 0 radical (unpaired) electrons. The normalized spacial score (nSPS) is 15.5. The van der Waals surface area contributed by atoms with Crippen molar-refractivity contribution in [2.24, 2.45) is 0 Å². The van der Waals surface area contributed by atoms with Gasteiger partial charge in [-0.15, -0.1) is 0 Å². The van der Waals surface area contributed by atoms with Crippen LogP contribution in [0.15, 0.2) is 54.6 Å². The topological polar surface area (TPSA) is 78.7 Å². The van der Waals surface area contributed by atoms with Crippen LogP contribution >= 0.6 is 0 Å². The highest BCUT2D eigenvalue weighted by Gasteiger charge is 2.19. The number of nitro benzene ring substituents is 1. The van der Waals surface area contributed by atoms with Gasteiger partial charge in [0.05, 0.1) is 11.5 Å². The summed E-state index contributed by atoms with van der Waals surface area (Å²) in [5, 5.41) is 13.6. The van der Waals surface area contributed by atoms with Gasteiger partial charge >= 0.3 is 0 Å². The highest BCUT2D eigenvalue weighted by molar-refractivity contribution is 5.92. The first-order valence-corrected chi connectivity index (χ1v) is 8.63. The number of amides is 1. The molecule has 7 heteroatoms. The van der Waals surface area contributed by atoms with Gasteiger partial charge in [-0.2, -0.15) is 0 Å². The molecule has 0 spiro atoms. The Bertz CT molecular complexity index is 741. The first kappa shape index (κ1) is 18.0. The Hall–Kier alpha value is -2.77. The van der Waals surface area contributed by atoms with Crippen molar-refractivity contribution in [3.8, 4) is 0 Å². The van der Waals surface area contributed by atoms with E-state index in [1.54, 1.807) is 24.3 Å². The first-order chi connectivity index (χ1) is 12.6. The van der Waals surface area contributed by atoms with E-state index in [1.165, 1.54) is 0 Å². The van der Waals surface area contributed by atoms with Crippen molar-refractivity contribution in [1.82, 2.24) is 9.80 Å². The number of non-ortho nitro benzene ring substituents is 1. The largest absolute Gasteiger partial charge is 0.325 e. The molecule has 0 aromatic heterocycles. The summed E-state index contributed by atoms with van der Waals surface area (Å²) >= 11 is 0. The fraction of sp³-hybridized carbons (Fsp3) is 0.316. The second-order valence-electron chi connectivity index (χ2n) is 6.39. The molecule has 0 unspecified atom stereocenters. The predicted octanol–water partition coefficient (Wildman–Crippen LogP) is 2.35. The molecule has 7 nitrogen and oxygen atoms in total. The fourth-order valence-electron chi connectivity index (χ4n) is 3.01. The SMILES string of the molecule is O=C(CN1CCN(Cc2ccc([N+](=O)[O-])cc2)CC1)Nc1ccccc1. The monoisotopic (exact) mass is 354 g/mol. The van der Waals surface area contributed by atoms with E-state index >= 15 is 0 Å². The minimum Gasteiger partial charge on any atom is -0.325 e. The fourth-order valence-corrected chi connectivity index (χ4v) is 3.01. The molecule has 1 aliphatic heterocycles. The van der Waals surface area contributed by atoms with Crippen molar-refractivity contribution in [2.75, 3.05) is 38.0 Å². The quantitative estimate of drug-likeness (QED) is 0.636. The molecule has 0 aliphatic carbocycles. The third-order valence-electron chi connectivity index (χ3n) is 4.44. The van der Waals surface area contributed by atoms with Crippen molar-refractivity contribution in [3.05, 3.63) is 70.3 Å². The molecule has 0 atom stereocenters. The maximum absolute atomic E-state index is 12.1. The zero-order chi connectivity index (χ0) is 18.4. The Morgan fingerprint density at radius 3 is 2.19 bits per heavy atom. The van der Waals surface area contributed by atoms with Gasteiger partial charge in [0.25, 0.3) is 5.69 Å². The lowest BCUT2D eigenvalue weighted by atomic mass is 10.2. The molecule has 26 heavy (non-hydrogen) atoms. The number of benzene rings is 2. The average Bonchev–Trinajstić information content (AvgIpc) is 2.64. The number of rotatable bonds is 6. The second kappa shape index (κ2) is 8.55. The number of para-hydroxylation sites is 1. The summed E-state index contributed by atoms with van der Waals surface area (Å²) < 4.78 is 0. The molecule has 1 fully saturated rings. The number of nitrogens with one attached hydrogen (secondary N) is 1. The maximum Gasteiger partial charge on any atom is 0.269 e. The van der Waals surface area contributed by atoms with E-state index in [0.29, 0.717) is 6.54 Å². The molecule has 1 saturated heterocycles. The molecular weight excluding hydrogens is 332 g/mol. The van der Waals surface area contributed by atoms with Crippen LogP contribution < -0.4 is 5.32 Å². The van der Waals surface area contributed by atoms with Gasteiger partial charge in [0.2, 0.25) is 5.91 Å². The number of carbonyl (C=O) groups is 1. The van der Waals surface area contributed by atoms with E-state index in [-0.39, 0.29) is 16.5 Å². The van der Waals surface area contributed by atoms with E-state index in [2.05, 4.69) is 15.1 Å². The first-order valence-electron chi connectivity index (χ1n) is 8.63. The summed E-state index contributed by atoms with van der Waals surface area (Å²) in [5.41, 5.74) is 1.99. The van der Waals surface area contributed by atoms with E-state index in [0.717, 1.165) is 44.0 Å². The lowest BCUT2D eigenvalue weighted by molar-refractivity contribution is -0.384. The van der Waals surface area contributed by atoms with Crippen LogP contribution in [0.4, 0.5) is 11.4 Å². The third kappa shape index (κ3) is 5.11. The van der Waals surface area contributed by atoms with Crippen LogP contribution in [-0.4, -0.2) is 53.4 Å². The summed E-state index contributed by atoms with van der Waals surface area (Å²) in [6, 6.07) is 16.1. The van der Waals surface area contributed by atoms with Crippen molar-refractivity contribution in [3.63, 3.8) is 0 Å². The zero-order valence-electron chi connectivity index (χ0n) is 14.5. The Labute approximate surface area is 152 Å². The zero-order valence-corrected chi connectivity index (χ0v) is 14.5. The molecule has 1 heterocycles. The van der Waals surface area contributed by atoms with Gasteiger partial charge in [-0.1, -0.05) is 30.3 Å². The number of piperazine rings is 1. The molecule has 136 valence electrons. The number of anilines is 1. The van der Waals surface area contributed by atoms with Crippen LogP contribution in [0, 0.1) is 10.1 Å². The molecule has 3 rings (SSSR count). The molecule has 2 aromatic carbocycles. The van der Waals surface area contributed by atoms with Gasteiger partial charge in [0.15, 0.2) is 0 Å². The van der Waals surface area contributed by atoms with E-state index in [4.69, 9.17) is 0 Å². The Kier molecular flexibility index (Phi) is 5.93. The van der Waals surface area contributed by atoms with Crippen molar-refractivity contribution < 1.29 is 9.72 Å². The Morgan fingerprint density at radius 2 is 1.58 bits per heavy atom. The Morgan fingerprint density at radius 1 is 0.962 bits per heavy atom. The second-order valence-corrected chi connectivity index (χ2v) is 6.39. The van der Waals surface area contributed by atoms with E-state index in [9.17, 15) is 14.9 Å². The molecule has 1 amide bonds. The summed E-state index contributed by atoms with van der Waals surface area (Å²) in [6.45, 7) is 4.55. The van der Waals surface area contributed by atoms with E-state index in [1.807, 2.05) is 30.3 Å². The molecule has 0 saturated carbocycles. The smallest absolute Gasteiger partial charge is 0.269 e. The summed E-state index contributed by atoms with van der Waals surface area (Å²) in [4.78, 5) is 26.9. The summed E-state index contributed by atoms with van der Waals surface area (Å²) in [5.74, 6) is 0.0000175. The predicted molar refractivity (Wildman–Crippen MR) is 99.9 cm³/mol. The van der Waals surface area contributed by atoms with Gasteiger partial charge in [-0.05, 0) is 17.7 Å². The van der Waals surface area contributed by atoms with Crippen molar-refractivity contribution in [1.29, 1.82) is 0 Å². The van der Waals surface area contributed by atoms with Gasteiger partial charge < -0.3 is 5.32 Å². The number of carbonyl (C=O) groups excluding carboxylic acids is 1. The van der Waals surface area contributed by atoms with Crippen molar-refractivity contribution >= 4 is 17.3 Å². The average molecular weight is 354 g/mol. The van der Waals surface area contributed by atoms with Crippen LogP contribution in [0.5, 0.6) is 0 Å². The van der Waals surface area contributed by atoms with Gasteiger partial charge in [-0.25, -0.2) is 0 Å². The van der Waals surface area contributed by atoms with Crippen LogP contribution in [0.3, 0.4) is 0 Å². The standard InChI is InChI=1S/C19H22N4O3/c24-19(20-17-4-2-1-3-5-17)15-22-12-10-21(11-13-22)14-16-6-8-18(9-7-16)23(25)26/h1-9H,10-15H2,(H,20,24). The van der Waals surface area contributed by atoms with Gasteiger partial charge in [0, 0.05) is 50.5 Å². The molecule has 1 N–H and O–H groups in total. The number of nitro groups is 1. The highest BCUT2D eigenvalue weighted by Crippen LogP contribution is 2.14. The van der Waals surface area contributed by atoms with Crippen LogP contribution in [0.1, 0.15) is 5.56 Å². The Balaban J connectivity index is 1.42. The molecular formula is C19H22N4O3. The van der Waals surface area contributed by atoms with Crippen LogP contribution in [0.2, 0.25) is 0 Å². The van der Waals surface area contributed by atoms with Gasteiger partial charge in [0.1, 0.15) is 0 Å².